The van der Waals surface area contributed by atoms with Gasteiger partial charge in [-0.25, -0.2) is 4.98 Å². The minimum Gasteiger partial charge on any atom is -0.356 e. The van der Waals surface area contributed by atoms with Crippen LogP contribution in [-0.4, -0.2) is 24.6 Å². The van der Waals surface area contributed by atoms with Crippen molar-refractivity contribution in [2.24, 2.45) is 17.8 Å². The molecule has 1 aliphatic heterocycles. The molecule has 118 valence electrons. The fourth-order valence-corrected chi connectivity index (χ4v) is 3.60. The Morgan fingerprint density at radius 2 is 2.00 bits per heavy atom. The first-order chi connectivity index (χ1) is 9.95. The van der Waals surface area contributed by atoms with Crippen LogP contribution < -0.4 is 10.2 Å². The average Bonchev–Trinajstić information content (AvgIpc) is 2.37. The third kappa shape index (κ3) is 4.96. The second-order valence-corrected chi connectivity index (χ2v) is 7.93. The van der Waals surface area contributed by atoms with E-state index < -0.39 is 0 Å². The first-order valence-electron chi connectivity index (χ1n) is 8.05. The Kier molecular flexibility index (Phi) is 6.06. The number of hydrogen-bond acceptors (Lipinski definition) is 3. The number of nitrogens with one attached hydrogen (secondary N) is 1. The zero-order valence-corrected chi connectivity index (χ0v) is 15.3. The van der Waals surface area contributed by atoms with Gasteiger partial charge in [0.2, 0.25) is 0 Å². The summed E-state index contributed by atoms with van der Waals surface area (Å²) >= 11 is 3.56. The van der Waals surface area contributed by atoms with Crippen molar-refractivity contribution in [3.8, 4) is 0 Å². The van der Waals surface area contributed by atoms with E-state index in [1.165, 1.54) is 12.0 Å². The van der Waals surface area contributed by atoms with Gasteiger partial charge in [0.1, 0.15) is 5.82 Å². The predicted octanol–water partition coefficient (Wildman–Crippen LogP) is 4.07. The molecule has 2 heterocycles. The van der Waals surface area contributed by atoms with Crippen LogP contribution in [-0.2, 0) is 6.54 Å². The molecule has 3 nitrogen and oxygen atoms in total. The van der Waals surface area contributed by atoms with Crippen LogP contribution in [0.25, 0.3) is 0 Å². The van der Waals surface area contributed by atoms with Gasteiger partial charge in [-0.05, 0) is 52.7 Å². The smallest absolute Gasteiger partial charge is 0.133 e. The van der Waals surface area contributed by atoms with Crippen LogP contribution in [0.15, 0.2) is 16.7 Å². The molecule has 1 aromatic heterocycles. The van der Waals surface area contributed by atoms with Gasteiger partial charge in [-0.1, -0.05) is 27.7 Å². The van der Waals surface area contributed by atoms with Crippen LogP contribution in [0, 0.1) is 17.8 Å². The molecule has 1 aliphatic rings. The maximum atomic E-state index is 4.71. The summed E-state index contributed by atoms with van der Waals surface area (Å²) < 4.78 is 1.06. The van der Waals surface area contributed by atoms with E-state index in [1.54, 1.807) is 0 Å². The maximum Gasteiger partial charge on any atom is 0.133 e. The zero-order valence-electron chi connectivity index (χ0n) is 13.7. The Labute approximate surface area is 137 Å². The van der Waals surface area contributed by atoms with Crippen LogP contribution >= 0.6 is 15.9 Å². The molecular weight excluding hydrogens is 326 g/mol. The Morgan fingerprint density at radius 1 is 1.33 bits per heavy atom. The van der Waals surface area contributed by atoms with Crippen molar-refractivity contribution in [2.45, 2.75) is 40.7 Å². The second kappa shape index (κ2) is 7.59. The van der Waals surface area contributed by atoms with E-state index in [2.05, 4.69) is 59.9 Å². The van der Waals surface area contributed by atoms with E-state index in [9.17, 15) is 0 Å². The summed E-state index contributed by atoms with van der Waals surface area (Å²) in [6.45, 7) is 13.3. The lowest BCUT2D eigenvalue weighted by Crippen LogP contribution is -2.40. The maximum absolute atomic E-state index is 4.71. The normalized spacial score (nSPS) is 22.9. The van der Waals surface area contributed by atoms with Crippen LogP contribution in [0.1, 0.15) is 39.7 Å². The van der Waals surface area contributed by atoms with Gasteiger partial charge in [0.05, 0.1) is 0 Å². The Morgan fingerprint density at radius 3 is 2.62 bits per heavy atom. The predicted molar refractivity (Wildman–Crippen MR) is 93.6 cm³/mol. The molecule has 21 heavy (non-hydrogen) atoms. The van der Waals surface area contributed by atoms with Gasteiger partial charge in [-0.2, -0.15) is 0 Å². The number of pyridine rings is 1. The van der Waals surface area contributed by atoms with Crippen molar-refractivity contribution >= 4 is 21.7 Å². The summed E-state index contributed by atoms with van der Waals surface area (Å²) in [5.41, 5.74) is 1.30. The minimum absolute atomic E-state index is 0.670. The molecule has 2 unspecified atom stereocenters. The van der Waals surface area contributed by atoms with E-state index in [-0.39, 0.29) is 0 Å². The van der Waals surface area contributed by atoms with Crippen molar-refractivity contribution in [3.63, 3.8) is 0 Å². The van der Waals surface area contributed by atoms with Crippen molar-refractivity contribution in [1.29, 1.82) is 0 Å². The molecule has 1 fully saturated rings. The molecule has 1 aromatic rings. The van der Waals surface area contributed by atoms with Crippen LogP contribution in [0.2, 0.25) is 0 Å². The molecule has 0 amide bonds. The van der Waals surface area contributed by atoms with E-state index >= 15 is 0 Å². The van der Waals surface area contributed by atoms with E-state index in [0.29, 0.717) is 5.92 Å². The third-order valence-electron chi connectivity index (χ3n) is 3.95. The lowest BCUT2D eigenvalue weighted by Gasteiger charge is -2.36. The molecule has 0 aromatic carbocycles. The van der Waals surface area contributed by atoms with Crippen molar-refractivity contribution in [2.75, 3.05) is 24.5 Å². The van der Waals surface area contributed by atoms with E-state index in [1.807, 2.05) is 6.20 Å². The van der Waals surface area contributed by atoms with Crippen molar-refractivity contribution in [1.82, 2.24) is 10.3 Å². The number of rotatable bonds is 5. The number of aromatic nitrogens is 1. The highest BCUT2D eigenvalue weighted by molar-refractivity contribution is 9.10. The van der Waals surface area contributed by atoms with Crippen LogP contribution in [0.4, 0.5) is 5.82 Å². The Balaban J connectivity index is 2.13. The van der Waals surface area contributed by atoms with Crippen LogP contribution in [0.5, 0.6) is 0 Å². The molecule has 4 heteroatoms. The zero-order chi connectivity index (χ0) is 15.4. The minimum atomic E-state index is 0.670. The molecule has 1 N–H and O–H groups in total. The van der Waals surface area contributed by atoms with Crippen molar-refractivity contribution < 1.29 is 0 Å². The highest BCUT2D eigenvalue weighted by atomic mass is 79.9. The largest absolute Gasteiger partial charge is 0.356 e. The lowest BCUT2D eigenvalue weighted by atomic mass is 9.91. The van der Waals surface area contributed by atoms with Crippen molar-refractivity contribution in [3.05, 3.63) is 22.3 Å². The van der Waals surface area contributed by atoms with Gasteiger partial charge in [0.15, 0.2) is 0 Å². The first kappa shape index (κ1) is 16.8. The topological polar surface area (TPSA) is 28.2 Å². The summed E-state index contributed by atoms with van der Waals surface area (Å²) in [5.74, 6) is 3.32. The second-order valence-electron chi connectivity index (χ2n) is 7.01. The Bertz CT molecular complexity index is 451. The molecule has 0 aliphatic carbocycles. The summed E-state index contributed by atoms with van der Waals surface area (Å²) in [7, 11) is 0. The SMILES string of the molecule is CC(C)CNCc1cc(Br)cnc1N1CC(C)CC(C)C1. The molecule has 0 bridgehead atoms. The fourth-order valence-electron chi connectivity index (χ4n) is 3.22. The number of anilines is 1. The number of nitrogens with zero attached hydrogens (tertiary/aromatic N) is 2. The molecule has 2 rings (SSSR count). The molecular formula is C17H28BrN3. The first-order valence-corrected chi connectivity index (χ1v) is 8.85. The van der Waals surface area contributed by atoms with Gasteiger partial charge in [-0.3, -0.25) is 0 Å². The lowest BCUT2D eigenvalue weighted by molar-refractivity contribution is 0.354. The van der Waals surface area contributed by atoms with Gasteiger partial charge in [0.25, 0.3) is 0 Å². The standard InChI is InChI=1S/C17H28BrN3/c1-12(2)7-19-8-15-6-16(18)9-20-17(15)21-10-13(3)5-14(4)11-21/h6,9,12-14,19H,5,7-8,10-11H2,1-4H3. The highest BCUT2D eigenvalue weighted by Crippen LogP contribution is 2.28. The highest BCUT2D eigenvalue weighted by Gasteiger charge is 2.24. The van der Waals surface area contributed by atoms with Gasteiger partial charge in [0, 0.05) is 35.9 Å². The Hall–Kier alpha value is -0.610. The monoisotopic (exact) mass is 353 g/mol. The number of piperidine rings is 1. The summed E-state index contributed by atoms with van der Waals surface area (Å²) in [4.78, 5) is 7.18. The molecule has 0 spiro atoms. The fraction of sp³-hybridized carbons (Fsp3) is 0.706. The molecule has 1 saturated heterocycles. The summed E-state index contributed by atoms with van der Waals surface area (Å²) in [6.07, 6.45) is 3.25. The number of hydrogen-bond donors (Lipinski definition) is 1. The van der Waals surface area contributed by atoms with Gasteiger partial charge >= 0.3 is 0 Å². The van der Waals surface area contributed by atoms with E-state index in [4.69, 9.17) is 4.98 Å². The summed E-state index contributed by atoms with van der Waals surface area (Å²) in [6, 6.07) is 2.21. The van der Waals surface area contributed by atoms with Gasteiger partial charge < -0.3 is 10.2 Å². The quantitative estimate of drug-likeness (QED) is 0.864. The molecule has 0 saturated carbocycles. The molecule has 0 radical (unpaired) electrons. The van der Waals surface area contributed by atoms with Gasteiger partial charge in [-0.15, -0.1) is 0 Å². The van der Waals surface area contributed by atoms with E-state index in [0.717, 1.165) is 48.3 Å². The average molecular weight is 354 g/mol. The molecule has 2 atom stereocenters. The summed E-state index contributed by atoms with van der Waals surface area (Å²) in [5, 5.41) is 3.54. The third-order valence-corrected chi connectivity index (χ3v) is 4.38. The van der Waals surface area contributed by atoms with Crippen LogP contribution in [0.3, 0.4) is 0 Å². The number of halogens is 1.